The van der Waals surface area contributed by atoms with Gasteiger partial charge in [-0.3, -0.25) is 4.79 Å². The van der Waals surface area contributed by atoms with E-state index in [0.29, 0.717) is 12.1 Å². The number of hydrogen-bond acceptors (Lipinski definition) is 3. The lowest BCUT2D eigenvalue weighted by Crippen LogP contribution is -2.42. The maximum atomic E-state index is 13.3. The van der Waals surface area contributed by atoms with Crippen molar-refractivity contribution in [2.45, 2.75) is 31.8 Å². The molecule has 0 aliphatic carbocycles. The van der Waals surface area contributed by atoms with Gasteiger partial charge in [0.15, 0.2) is 11.6 Å². The zero-order chi connectivity index (χ0) is 17.1. The molecule has 1 N–H and O–H groups in total. The number of carbonyl (C=O) groups excluding carboxylic acids is 1. The van der Waals surface area contributed by atoms with Crippen LogP contribution in [0.4, 0.5) is 8.78 Å². The first-order valence-electron chi connectivity index (χ1n) is 8.69. The minimum Gasteiger partial charge on any atom is -0.387 e. The van der Waals surface area contributed by atoms with Crippen molar-refractivity contribution in [2.75, 3.05) is 32.7 Å². The van der Waals surface area contributed by atoms with E-state index in [9.17, 15) is 18.7 Å². The SMILES string of the molecule is O=C(C1CCN(CC(O)c2ccc(F)c(F)c2)CC1)N1CCCC1. The molecule has 2 saturated heterocycles. The molecule has 2 heterocycles. The summed E-state index contributed by atoms with van der Waals surface area (Å²) in [6.45, 7) is 3.62. The highest BCUT2D eigenvalue weighted by Crippen LogP contribution is 2.24. The van der Waals surface area contributed by atoms with Gasteiger partial charge < -0.3 is 14.9 Å². The predicted octanol–water partition coefficient (Wildman–Crippen LogP) is 2.33. The molecule has 1 atom stereocenters. The zero-order valence-corrected chi connectivity index (χ0v) is 13.8. The van der Waals surface area contributed by atoms with Gasteiger partial charge in [-0.25, -0.2) is 8.78 Å². The van der Waals surface area contributed by atoms with E-state index >= 15 is 0 Å². The second-order valence-corrected chi connectivity index (χ2v) is 6.80. The van der Waals surface area contributed by atoms with Crippen molar-refractivity contribution in [3.63, 3.8) is 0 Å². The van der Waals surface area contributed by atoms with Crippen LogP contribution in [-0.2, 0) is 4.79 Å². The first-order valence-corrected chi connectivity index (χ1v) is 8.69. The van der Waals surface area contributed by atoms with Crippen LogP contribution in [0.2, 0.25) is 0 Å². The van der Waals surface area contributed by atoms with Crippen molar-refractivity contribution in [3.8, 4) is 0 Å². The van der Waals surface area contributed by atoms with Crippen LogP contribution in [0, 0.1) is 17.6 Å². The van der Waals surface area contributed by atoms with Crippen molar-refractivity contribution in [2.24, 2.45) is 5.92 Å². The van der Waals surface area contributed by atoms with Crippen LogP contribution in [0.3, 0.4) is 0 Å². The minimum absolute atomic E-state index is 0.0831. The van der Waals surface area contributed by atoms with E-state index in [1.807, 2.05) is 4.90 Å². The predicted molar refractivity (Wildman–Crippen MR) is 86.3 cm³/mol. The van der Waals surface area contributed by atoms with Gasteiger partial charge >= 0.3 is 0 Å². The molecule has 1 aromatic carbocycles. The molecule has 1 unspecified atom stereocenters. The van der Waals surface area contributed by atoms with Crippen molar-refractivity contribution in [3.05, 3.63) is 35.4 Å². The molecule has 24 heavy (non-hydrogen) atoms. The van der Waals surface area contributed by atoms with Gasteiger partial charge in [0.25, 0.3) is 0 Å². The third kappa shape index (κ3) is 3.92. The standard InChI is InChI=1S/C18H24F2N2O2/c19-15-4-3-14(11-16(15)20)17(23)12-21-9-5-13(6-10-21)18(24)22-7-1-2-8-22/h3-4,11,13,17,23H,1-2,5-10,12H2. The second kappa shape index (κ2) is 7.57. The van der Waals surface area contributed by atoms with Crippen molar-refractivity contribution in [1.82, 2.24) is 9.80 Å². The first-order chi connectivity index (χ1) is 11.5. The average molecular weight is 338 g/mol. The van der Waals surface area contributed by atoms with E-state index in [0.717, 1.165) is 64.0 Å². The Hall–Kier alpha value is -1.53. The van der Waals surface area contributed by atoms with Gasteiger partial charge in [0.05, 0.1) is 6.10 Å². The van der Waals surface area contributed by atoms with E-state index in [2.05, 4.69) is 4.90 Å². The molecule has 2 fully saturated rings. The van der Waals surface area contributed by atoms with Crippen LogP contribution >= 0.6 is 0 Å². The minimum atomic E-state index is -0.943. The summed E-state index contributed by atoms with van der Waals surface area (Å²) in [4.78, 5) is 16.5. The van der Waals surface area contributed by atoms with Gasteiger partial charge in [0, 0.05) is 25.6 Å². The number of benzene rings is 1. The Balaban J connectivity index is 1.49. The number of amides is 1. The highest BCUT2D eigenvalue weighted by Gasteiger charge is 2.30. The number of nitrogens with zero attached hydrogens (tertiary/aromatic N) is 2. The third-order valence-electron chi connectivity index (χ3n) is 5.11. The average Bonchev–Trinajstić information content (AvgIpc) is 3.12. The number of hydrogen-bond donors (Lipinski definition) is 1. The van der Waals surface area contributed by atoms with Gasteiger partial charge in [-0.05, 0) is 56.5 Å². The second-order valence-electron chi connectivity index (χ2n) is 6.80. The molecule has 4 nitrogen and oxygen atoms in total. The summed E-state index contributed by atoms with van der Waals surface area (Å²) in [5.74, 6) is -1.50. The maximum Gasteiger partial charge on any atom is 0.225 e. The molecule has 132 valence electrons. The summed E-state index contributed by atoms with van der Waals surface area (Å²) in [6, 6.07) is 3.49. The van der Waals surface area contributed by atoms with Crippen LogP contribution in [0.15, 0.2) is 18.2 Å². The molecule has 0 saturated carbocycles. The number of likely N-dealkylation sites (tertiary alicyclic amines) is 2. The van der Waals surface area contributed by atoms with E-state index in [-0.39, 0.29) is 11.8 Å². The van der Waals surface area contributed by atoms with Crippen molar-refractivity contribution >= 4 is 5.91 Å². The molecule has 0 aromatic heterocycles. The Bertz CT molecular complexity index is 582. The lowest BCUT2D eigenvalue weighted by atomic mass is 9.95. The Kier molecular flexibility index (Phi) is 5.46. The van der Waals surface area contributed by atoms with Crippen LogP contribution < -0.4 is 0 Å². The van der Waals surface area contributed by atoms with Gasteiger partial charge in [0.1, 0.15) is 0 Å². The van der Waals surface area contributed by atoms with E-state index in [4.69, 9.17) is 0 Å². The smallest absolute Gasteiger partial charge is 0.225 e. The summed E-state index contributed by atoms with van der Waals surface area (Å²) >= 11 is 0. The number of β-amino-alcohol motifs (C(OH)–C–C–N with tert-alkyl or cyclic N) is 1. The van der Waals surface area contributed by atoms with Crippen LogP contribution in [0.25, 0.3) is 0 Å². The number of halogens is 2. The van der Waals surface area contributed by atoms with E-state index in [1.165, 1.54) is 6.07 Å². The van der Waals surface area contributed by atoms with E-state index < -0.39 is 17.7 Å². The zero-order valence-electron chi connectivity index (χ0n) is 13.8. The summed E-state index contributed by atoms with van der Waals surface area (Å²) in [7, 11) is 0. The molecule has 1 amide bonds. The highest BCUT2D eigenvalue weighted by molar-refractivity contribution is 5.79. The molecule has 1 aromatic rings. The number of aliphatic hydroxyl groups excluding tert-OH is 1. The van der Waals surface area contributed by atoms with Gasteiger partial charge in [-0.1, -0.05) is 6.07 Å². The molecule has 0 spiro atoms. The molecular formula is C18H24F2N2O2. The van der Waals surface area contributed by atoms with Crippen LogP contribution in [-0.4, -0.2) is 53.5 Å². The van der Waals surface area contributed by atoms with Gasteiger partial charge in [-0.2, -0.15) is 0 Å². The topological polar surface area (TPSA) is 43.8 Å². The Morgan fingerprint density at radius 1 is 1.12 bits per heavy atom. The van der Waals surface area contributed by atoms with Crippen molar-refractivity contribution in [1.29, 1.82) is 0 Å². The number of aliphatic hydroxyl groups is 1. The fourth-order valence-corrected chi connectivity index (χ4v) is 3.63. The maximum absolute atomic E-state index is 13.3. The number of piperidine rings is 1. The Morgan fingerprint density at radius 3 is 2.42 bits per heavy atom. The first kappa shape index (κ1) is 17.3. The van der Waals surface area contributed by atoms with Crippen LogP contribution in [0.5, 0.6) is 0 Å². The lowest BCUT2D eigenvalue weighted by Gasteiger charge is -2.34. The Labute approximate surface area is 141 Å². The Morgan fingerprint density at radius 2 is 1.79 bits per heavy atom. The number of carbonyl (C=O) groups is 1. The monoisotopic (exact) mass is 338 g/mol. The lowest BCUT2D eigenvalue weighted by molar-refractivity contribution is -0.136. The highest BCUT2D eigenvalue weighted by atomic mass is 19.2. The molecule has 6 heteroatoms. The molecular weight excluding hydrogens is 314 g/mol. The van der Waals surface area contributed by atoms with Gasteiger partial charge in [-0.15, -0.1) is 0 Å². The van der Waals surface area contributed by atoms with Gasteiger partial charge in [0.2, 0.25) is 5.91 Å². The summed E-state index contributed by atoms with van der Waals surface area (Å²) in [5, 5.41) is 10.2. The molecule has 2 aliphatic rings. The fourth-order valence-electron chi connectivity index (χ4n) is 3.63. The quantitative estimate of drug-likeness (QED) is 0.916. The molecule has 3 rings (SSSR count). The van der Waals surface area contributed by atoms with Crippen molar-refractivity contribution < 1.29 is 18.7 Å². The molecule has 0 bridgehead atoms. The normalized spacial score (nSPS) is 21.2. The number of rotatable bonds is 4. The summed E-state index contributed by atoms with van der Waals surface area (Å²) in [6.07, 6.45) is 2.93. The fraction of sp³-hybridized carbons (Fsp3) is 0.611. The summed E-state index contributed by atoms with van der Waals surface area (Å²) in [5.41, 5.74) is 0.379. The largest absolute Gasteiger partial charge is 0.387 e. The summed E-state index contributed by atoms with van der Waals surface area (Å²) < 4.78 is 26.2. The van der Waals surface area contributed by atoms with E-state index in [1.54, 1.807) is 0 Å². The van der Waals surface area contributed by atoms with Crippen LogP contribution in [0.1, 0.15) is 37.4 Å². The third-order valence-corrected chi connectivity index (χ3v) is 5.11. The molecule has 2 aliphatic heterocycles. The molecule has 0 radical (unpaired) electrons.